The molecule has 2 fully saturated rings. The van der Waals surface area contributed by atoms with Crippen molar-refractivity contribution in [3.8, 4) is 6.07 Å². The summed E-state index contributed by atoms with van der Waals surface area (Å²) in [6.45, 7) is 6.32. The van der Waals surface area contributed by atoms with Gasteiger partial charge in [0.1, 0.15) is 28.7 Å². The maximum Gasteiger partial charge on any atom is 0.393 e. The highest BCUT2D eigenvalue weighted by atomic mass is 32.1. The van der Waals surface area contributed by atoms with Crippen LogP contribution in [0.5, 0.6) is 0 Å². The van der Waals surface area contributed by atoms with Gasteiger partial charge in [-0.15, -0.1) is 11.3 Å². The van der Waals surface area contributed by atoms with E-state index in [0.717, 1.165) is 74.1 Å². The lowest BCUT2D eigenvalue weighted by Crippen LogP contribution is -2.41. The molecule has 1 saturated carbocycles. The number of carbonyl (C=O) groups is 1. The molecule has 238 valence electrons. The summed E-state index contributed by atoms with van der Waals surface area (Å²) < 4.78 is 40.9. The summed E-state index contributed by atoms with van der Waals surface area (Å²) in [6.07, 6.45) is -0.415. The van der Waals surface area contributed by atoms with Gasteiger partial charge in [-0.3, -0.25) is 9.69 Å². The van der Waals surface area contributed by atoms with E-state index in [1.54, 1.807) is 6.07 Å². The summed E-state index contributed by atoms with van der Waals surface area (Å²) >= 11 is 1.06. The van der Waals surface area contributed by atoms with Gasteiger partial charge in [-0.25, -0.2) is 9.97 Å². The molecule has 1 amide bonds. The van der Waals surface area contributed by atoms with Crippen LogP contribution in [0.1, 0.15) is 47.4 Å². The van der Waals surface area contributed by atoms with Gasteiger partial charge in [0.2, 0.25) is 5.91 Å². The van der Waals surface area contributed by atoms with Gasteiger partial charge >= 0.3 is 6.18 Å². The Balaban J connectivity index is 1.07. The third-order valence-corrected chi connectivity index (χ3v) is 10.2. The molecule has 0 radical (unpaired) electrons. The number of thiophene rings is 1. The molecule has 9 nitrogen and oxygen atoms in total. The van der Waals surface area contributed by atoms with Crippen LogP contribution in [0.15, 0.2) is 30.6 Å². The number of amides is 1. The Labute approximate surface area is 263 Å². The molecule has 45 heavy (non-hydrogen) atoms. The predicted octanol–water partition coefficient (Wildman–Crippen LogP) is 5.11. The van der Waals surface area contributed by atoms with Crippen LogP contribution < -0.4 is 16.4 Å². The number of aryl methyl sites for hydroxylation is 1. The minimum atomic E-state index is -4.26. The van der Waals surface area contributed by atoms with Crippen molar-refractivity contribution < 1.29 is 18.0 Å². The molecule has 4 heterocycles. The quantitative estimate of drug-likeness (QED) is 0.221. The molecule has 2 aliphatic rings. The summed E-state index contributed by atoms with van der Waals surface area (Å²) in [5.74, 6) is 1.04. The van der Waals surface area contributed by atoms with Crippen LogP contribution in [0.4, 0.5) is 19.0 Å². The lowest BCUT2D eigenvalue weighted by molar-refractivity contribution is -0.129. The second kappa shape index (κ2) is 12.9. The van der Waals surface area contributed by atoms with Crippen molar-refractivity contribution >= 4 is 44.2 Å². The highest BCUT2D eigenvalue weighted by Crippen LogP contribution is 2.37. The molecular weight excluding hydrogens is 601 g/mol. The predicted molar refractivity (Wildman–Crippen MR) is 169 cm³/mol. The van der Waals surface area contributed by atoms with Gasteiger partial charge in [0.15, 0.2) is 0 Å². The number of likely N-dealkylation sites (tertiary alicyclic amines) is 1. The van der Waals surface area contributed by atoms with Gasteiger partial charge in [0, 0.05) is 67.0 Å². The van der Waals surface area contributed by atoms with Crippen LogP contribution in [-0.4, -0.2) is 63.7 Å². The normalized spacial score (nSPS) is 19.5. The Hall–Kier alpha value is -3.73. The molecule has 4 N–H and O–H groups in total. The third-order valence-electron chi connectivity index (χ3n) is 9.15. The van der Waals surface area contributed by atoms with Gasteiger partial charge < -0.3 is 20.9 Å². The first-order valence-electron chi connectivity index (χ1n) is 15.4. The average molecular weight is 639 g/mol. The number of nitrogens with zero attached hydrogens (tertiary/aromatic N) is 5. The molecule has 13 heteroatoms. The zero-order chi connectivity index (χ0) is 31.7. The number of nitriles is 1. The van der Waals surface area contributed by atoms with Gasteiger partial charge in [-0.05, 0) is 67.9 Å². The molecule has 0 unspecified atom stereocenters. The fraction of sp³-hybridized carbons (Fsp3) is 0.500. The number of anilines is 1. The Morgan fingerprint density at radius 1 is 1.18 bits per heavy atom. The second-order valence-corrected chi connectivity index (χ2v) is 13.4. The molecule has 4 aromatic rings. The molecule has 6 rings (SSSR count). The number of aromatic nitrogens is 3. The lowest BCUT2D eigenvalue weighted by atomic mass is 9.74. The first-order chi connectivity index (χ1) is 21.6. The maximum atomic E-state index is 12.9. The second-order valence-electron chi connectivity index (χ2n) is 12.3. The number of hydrogen-bond donors (Lipinski definition) is 3. The number of carbonyl (C=O) groups excluding carboxylic acids is 1. The number of halogens is 3. The Morgan fingerprint density at radius 2 is 1.96 bits per heavy atom. The highest BCUT2D eigenvalue weighted by molar-refractivity contribution is 7.18. The lowest BCUT2D eigenvalue weighted by Gasteiger charge is -2.35. The van der Waals surface area contributed by atoms with E-state index >= 15 is 0 Å². The van der Waals surface area contributed by atoms with Crippen molar-refractivity contribution in [3.63, 3.8) is 0 Å². The molecule has 1 aliphatic heterocycles. The number of hydrogen-bond acceptors (Lipinski definition) is 8. The van der Waals surface area contributed by atoms with E-state index in [2.05, 4.69) is 55.2 Å². The van der Waals surface area contributed by atoms with Crippen LogP contribution in [0.3, 0.4) is 0 Å². The van der Waals surface area contributed by atoms with Crippen molar-refractivity contribution in [2.75, 3.05) is 31.5 Å². The Bertz CT molecular complexity index is 1730. The van der Waals surface area contributed by atoms with E-state index in [4.69, 9.17) is 5.73 Å². The standard InChI is InChI=1S/C32H37F3N8OS/c1-19-21(2-3-28-26(19)12-24(15-37)43(28)16-20-10-22(11-20)30(44)38-7-6-36)17-42-8-4-23(5-9-42)41-29-27-13-25(14-32(33,34)35)45-31(27)40-18-39-29/h2-3,12-13,18,20,22-23H,4-11,14,16-17,36H2,1H3,(H,38,44)(H,39,40,41). The number of alkyl halides is 3. The summed E-state index contributed by atoms with van der Waals surface area (Å²) in [6, 6.07) is 10.4. The summed E-state index contributed by atoms with van der Waals surface area (Å²) in [7, 11) is 0. The van der Waals surface area contributed by atoms with Crippen molar-refractivity contribution in [2.24, 2.45) is 17.6 Å². The highest BCUT2D eigenvalue weighted by Gasteiger charge is 2.35. The number of nitrogens with two attached hydrogens (primary N) is 1. The van der Waals surface area contributed by atoms with Gasteiger partial charge in [-0.1, -0.05) is 6.07 Å². The van der Waals surface area contributed by atoms with Crippen molar-refractivity contribution in [3.05, 3.63) is 52.3 Å². The monoisotopic (exact) mass is 638 g/mol. The fourth-order valence-corrected chi connectivity index (χ4v) is 7.68. The molecule has 0 spiro atoms. The minimum absolute atomic E-state index is 0.0234. The van der Waals surface area contributed by atoms with E-state index in [-0.39, 0.29) is 22.7 Å². The van der Waals surface area contributed by atoms with E-state index < -0.39 is 12.6 Å². The Kier molecular flexibility index (Phi) is 8.99. The SMILES string of the molecule is Cc1c(CN2CCC(Nc3ncnc4sc(CC(F)(F)F)cc34)CC2)ccc2c1cc(C#N)n2CC1CC(C(=O)NCCN)C1. The van der Waals surface area contributed by atoms with E-state index in [9.17, 15) is 23.2 Å². The number of rotatable bonds is 10. The van der Waals surface area contributed by atoms with Crippen LogP contribution in [0, 0.1) is 30.1 Å². The molecule has 3 aromatic heterocycles. The number of piperidine rings is 1. The zero-order valence-corrected chi connectivity index (χ0v) is 26.0. The number of nitrogens with one attached hydrogen (secondary N) is 2. The summed E-state index contributed by atoms with van der Waals surface area (Å²) in [5, 5.41) is 18.0. The summed E-state index contributed by atoms with van der Waals surface area (Å²) in [4.78, 5) is 24.0. The van der Waals surface area contributed by atoms with E-state index in [1.165, 1.54) is 17.5 Å². The maximum absolute atomic E-state index is 12.9. The van der Waals surface area contributed by atoms with Crippen LogP contribution in [0.2, 0.25) is 0 Å². The Morgan fingerprint density at radius 3 is 2.67 bits per heavy atom. The number of benzene rings is 1. The molecule has 1 aromatic carbocycles. The van der Waals surface area contributed by atoms with Crippen molar-refractivity contribution in [2.45, 2.75) is 64.3 Å². The van der Waals surface area contributed by atoms with Crippen molar-refractivity contribution in [1.82, 2.24) is 24.8 Å². The zero-order valence-electron chi connectivity index (χ0n) is 25.2. The van der Waals surface area contributed by atoms with Crippen LogP contribution in [0.25, 0.3) is 21.1 Å². The largest absolute Gasteiger partial charge is 0.393 e. The van der Waals surface area contributed by atoms with Gasteiger partial charge in [-0.2, -0.15) is 18.4 Å². The smallest absolute Gasteiger partial charge is 0.367 e. The first-order valence-corrected chi connectivity index (χ1v) is 16.2. The molecule has 1 saturated heterocycles. The van der Waals surface area contributed by atoms with Crippen molar-refractivity contribution in [1.29, 1.82) is 5.26 Å². The first kappa shape index (κ1) is 31.3. The summed E-state index contributed by atoms with van der Waals surface area (Å²) in [5.41, 5.74) is 9.58. The average Bonchev–Trinajstić information content (AvgIpc) is 3.56. The van der Waals surface area contributed by atoms with Gasteiger partial charge in [0.25, 0.3) is 0 Å². The van der Waals surface area contributed by atoms with Gasteiger partial charge in [0.05, 0.1) is 11.8 Å². The van der Waals surface area contributed by atoms with E-state index in [1.807, 2.05) is 6.07 Å². The van der Waals surface area contributed by atoms with Crippen LogP contribution >= 0.6 is 11.3 Å². The third kappa shape index (κ3) is 6.93. The van der Waals surface area contributed by atoms with Crippen LogP contribution in [-0.2, 0) is 24.3 Å². The topological polar surface area (TPSA) is 125 Å². The van der Waals surface area contributed by atoms with E-state index in [0.29, 0.717) is 40.7 Å². The number of fused-ring (bicyclic) bond motifs is 2. The minimum Gasteiger partial charge on any atom is -0.367 e. The molecular formula is C32H37F3N8OS. The molecule has 0 atom stereocenters. The fourth-order valence-electron chi connectivity index (χ4n) is 6.65. The molecule has 0 bridgehead atoms. The molecule has 1 aliphatic carbocycles.